The summed E-state index contributed by atoms with van der Waals surface area (Å²) in [5.74, 6) is 1.08. The molecular weight excluding hydrogens is 362 g/mol. The van der Waals surface area contributed by atoms with E-state index in [4.69, 9.17) is 26.8 Å². The van der Waals surface area contributed by atoms with Crippen molar-refractivity contribution in [2.24, 2.45) is 5.73 Å². The molecule has 0 radical (unpaired) electrons. The minimum absolute atomic E-state index is 0.0987. The maximum absolute atomic E-state index is 6.18. The summed E-state index contributed by atoms with van der Waals surface area (Å²) in [6.45, 7) is 7.30. The number of hydrogen-bond acceptors (Lipinski definition) is 5. The maximum Gasteiger partial charge on any atom is 0.177 e. The molecule has 1 aliphatic heterocycles. The zero-order valence-electron chi connectivity index (χ0n) is 15.6. The molecule has 2 aromatic carbocycles. The normalized spacial score (nSPS) is 15.6. The van der Waals surface area contributed by atoms with Crippen LogP contribution in [0.2, 0.25) is 5.02 Å². The minimum atomic E-state index is -0.0987. The van der Waals surface area contributed by atoms with Crippen LogP contribution in [-0.2, 0) is 4.74 Å². The lowest BCUT2D eigenvalue weighted by molar-refractivity contribution is 0.0973. The number of halogens is 1. The van der Waals surface area contributed by atoms with E-state index in [1.165, 1.54) is 0 Å². The lowest BCUT2D eigenvalue weighted by Gasteiger charge is -2.24. The first-order valence-electron chi connectivity index (χ1n) is 9.03. The molecule has 6 heteroatoms. The molecule has 3 rings (SSSR count). The average molecular weight is 388 g/mol. The molecule has 2 aromatic rings. The van der Waals surface area contributed by atoms with Crippen molar-refractivity contribution in [3.05, 3.63) is 71.6 Å². The van der Waals surface area contributed by atoms with Crippen LogP contribution in [0.25, 0.3) is 0 Å². The summed E-state index contributed by atoms with van der Waals surface area (Å²) in [5, 5.41) is 0.711. The van der Waals surface area contributed by atoms with Gasteiger partial charge >= 0.3 is 0 Å². The van der Waals surface area contributed by atoms with Crippen molar-refractivity contribution >= 4 is 17.3 Å². The molecule has 1 aliphatic rings. The summed E-state index contributed by atoms with van der Waals surface area (Å²) < 4.78 is 11.3. The zero-order valence-corrected chi connectivity index (χ0v) is 16.4. The second-order valence-corrected chi connectivity index (χ2v) is 7.05. The van der Waals surface area contributed by atoms with Gasteiger partial charge in [0.05, 0.1) is 19.5 Å². The molecule has 1 atom stereocenters. The van der Waals surface area contributed by atoms with E-state index in [0.717, 1.165) is 49.7 Å². The smallest absolute Gasteiger partial charge is 0.177 e. The molecule has 0 bridgehead atoms. The molecule has 1 heterocycles. The first-order chi connectivity index (χ1) is 13.1. The van der Waals surface area contributed by atoms with E-state index in [1.54, 1.807) is 7.11 Å². The van der Waals surface area contributed by atoms with Crippen LogP contribution in [0.15, 0.2) is 61.0 Å². The SMILES string of the molecule is C=C(N)OC(CCN1CCN(c2cc(Cl)ccc2OC)C1)c1ccccc1. The van der Waals surface area contributed by atoms with Crippen molar-refractivity contribution in [3.8, 4) is 5.75 Å². The first kappa shape index (κ1) is 19.4. The second-order valence-electron chi connectivity index (χ2n) is 6.61. The van der Waals surface area contributed by atoms with E-state index in [2.05, 4.69) is 28.5 Å². The molecule has 1 fully saturated rings. The van der Waals surface area contributed by atoms with E-state index in [1.807, 2.05) is 36.4 Å². The van der Waals surface area contributed by atoms with Gasteiger partial charge in [0.2, 0.25) is 0 Å². The molecule has 0 amide bonds. The predicted molar refractivity (Wildman–Crippen MR) is 110 cm³/mol. The van der Waals surface area contributed by atoms with Crippen LogP contribution in [0.3, 0.4) is 0 Å². The summed E-state index contributed by atoms with van der Waals surface area (Å²) >= 11 is 6.18. The second kappa shape index (κ2) is 9.02. The van der Waals surface area contributed by atoms with Gasteiger partial charge in [-0.3, -0.25) is 4.90 Å². The van der Waals surface area contributed by atoms with Gasteiger partial charge in [-0.25, -0.2) is 0 Å². The summed E-state index contributed by atoms with van der Waals surface area (Å²) in [6.07, 6.45) is 0.735. The van der Waals surface area contributed by atoms with Gasteiger partial charge in [0.25, 0.3) is 0 Å². The van der Waals surface area contributed by atoms with Gasteiger partial charge in [0.1, 0.15) is 11.9 Å². The quantitative estimate of drug-likeness (QED) is 0.693. The molecule has 0 saturated carbocycles. The highest BCUT2D eigenvalue weighted by Gasteiger charge is 2.24. The van der Waals surface area contributed by atoms with Crippen LogP contribution in [0, 0.1) is 0 Å². The monoisotopic (exact) mass is 387 g/mol. The van der Waals surface area contributed by atoms with Gasteiger partial charge in [-0.2, -0.15) is 0 Å². The van der Waals surface area contributed by atoms with Crippen LogP contribution < -0.4 is 15.4 Å². The molecule has 1 saturated heterocycles. The molecule has 5 nitrogen and oxygen atoms in total. The molecule has 144 valence electrons. The summed E-state index contributed by atoms with van der Waals surface area (Å²) in [4.78, 5) is 4.67. The summed E-state index contributed by atoms with van der Waals surface area (Å²) in [6, 6.07) is 15.8. The average Bonchev–Trinajstić information content (AvgIpc) is 3.14. The predicted octanol–water partition coefficient (Wildman–Crippen LogP) is 4.01. The third kappa shape index (κ3) is 5.08. The summed E-state index contributed by atoms with van der Waals surface area (Å²) in [5.41, 5.74) is 7.83. The molecule has 1 unspecified atom stereocenters. The maximum atomic E-state index is 6.18. The number of hydrogen-bond donors (Lipinski definition) is 1. The van der Waals surface area contributed by atoms with Crippen molar-refractivity contribution in [2.45, 2.75) is 12.5 Å². The largest absolute Gasteiger partial charge is 0.495 e. The lowest BCUT2D eigenvalue weighted by atomic mass is 10.1. The fraction of sp³-hybridized carbons (Fsp3) is 0.333. The highest BCUT2D eigenvalue weighted by atomic mass is 35.5. The standard InChI is InChI=1S/C21H26ClN3O2/c1-16(23)27-20(17-6-4-3-5-7-17)10-11-24-12-13-25(15-24)19-14-18(22)8-9-21(19)26-2/h3-9,14,20H,1,10-13,15,23H2,2H3. The molecule has 0 aromatic heterocycles. The lowest BCUT2D eigenvalue weighted by Crippen LogP contribution is -2.27. The fourth-order valence-corrected chi connectivity index (χ4v) is 3.54. The Labute approximate surface area is 165 Å². The number of rotatable bonds is 8. The topological polar surface area (TPSA) is 51.0 Å². The molecule has 2 N–H and O–H groups in total. The molecular formula is C21H26ClN3O2. The van der Waals surface area contributed by atoms with E-state index in [0.29, 0.717) is 5.02 Å². The van der Waals surface area contributed by atoms with Crippen molar-refractivity contribution < 1.29 is 9.47 Å². The van der Waals surface area contributed by atoms with E-state index < -0.39 is 0 Å². The fourth-order valence-electron chi connectivity index (χ4n) is 3.38. The number of benzene rings is 2. The van der Waals surface area contributed by atoms with E-state index >= 15 is 0 Å². The number of nitrogens with two attached hydrogens (primary N) is 1. The minimum Gasteiger partial charge on any atom is -0.495 e. The zero-order chi connectivity index (χ0) is 19.2. The van der Waals surface area contributed by atoms with Crippen LogP contribution >= 0.6 is 11.6 Å². The van der Waals surface area contributed by atoms with Crippen LogP contribution in [0.4, 0.5) is 5.69 Å². The van der Waals surface area contributed by atoms with Gasteiger partial charge in [-0.1, -0.05) is 41.9 Å². The van der Waals surface area contributed by atoms with Crippen LogP contribution in [0.5, 0.6) is 5.75 Å². The number of nitrogens with zero attached hydrogens (tertiary/aromatic N) is 2. The number of ether oxygens (including phenoxy) is 2. The van der Waals surface area contributed by atoms with E-state index in [-0.39, 0.29) is 12.0 Å². The van der Waals surface area contributed by atoms with Crippen molar-refractivity contribution in [1.29, 1.82) is 0 Å². The Morgan fingerprint density at radius 2 is 2.00 bits per heavy atom. The highest BCUT2D eigenvalue weighted by Crippen LogP contribution is 2.33. The first-order valence-corrected chi connectivity index (χ1v) is 9.41. The molecule has 0 aliphatic carbocycles. The Morgan fingerprint density at radius 3 is 2.70 bits per heavy atom. The van der Waals surface area contributed by atoms with Gasteiger partial charge in [0.15, 0.2) is 5.88 Å². The van der Waals surface area contributed by atoms with Gasteiger partial charge < -0.3 is 20.1 Å². The molecule has 0 spiro atoms. The molecule has 27 heavy (non-hydrogen) atoms. The Bertz CT molecular complexity index is 769. The van der Waals surface area contributed by atoms with Crippen molar-refractivity contribution in [2.75, 3.05) is 38.3 Å². The number of anilines is 1. The third-order valence-corrected chi connectivity index (χ3v) is 4.95. The Morgan fingerprint density at radius 1 is 1.22 bits per heavy atom. The van der Waals surface area contributed by atoms with Gasteiger partial charge in [-0.05, 0) is 30.3 Å². The van der Waals surface area contributed by atoms with Crippen LogP contribution in [-0.4, -0.2) is 38.3 Å². The third-order valence-electron chi connectivity index (χ3n) is 4.71. The summed E-state index contributed by atoms with van der Waals surface area (Å²) in [7, 11) is 1.68. The van der Waals surface area contributed by atoms with Gasteiger partial charge in [-0.15, -0.1) is 0 Å². The van der Waals surface area contributed by atoms with Crippen molar-refractivity contribution in [1.82, 2.24) is 4.90 Å². The van der Waals surface area contributed by atoms with Crippen LogP contribution in [0.1, 0.15) is 18.1 Å². The highest BCUT2D eigenvalue weighted by molar-refractivity contribution is 6.30. The van der Waals surface area contributed by atoms with Crippen molar-refractivity contribution in [3.63, 3.8) is 0 Å². The Kier molecular flexibility index (Phi) is 6.48. The van der Waals surface area contributed by atoms with E-state index in [9.17, 15) is 0 Å². The Balaban J connectivity index is 1.62. The van der Waals surface area contributed by atoms with Gasteiger partial charge in [0, 0.05) is 31.1 Å². The number of methoxy groups -OCH3 is 1. The Hall–Kier alpha value is -2.37.